The van der Waals surface area contributed by atoms with Crippen LogP contribution in [0.25, 0.3) is 10.8 Å². The summed E-state index contributed by atoms with van der Waals surface area (Å²) < 4.78 is 33.4. The minimum Gasteiger partial charge on any atom is -0.282 e. The van der Waals surface area contributed by atoms with Crippen LogP contribution in [0.3, 0.4) is 0 Å². The van der Waals surface area contributed by atoms with Crippen LogP contribution in [0, 0.1) is 0 Å². The molecule has 0 heterocycles. The molecule has 0 saturated heterocycles. The number of rotatable bonds is 10. The van der Waals surface area contributed by atoms with E-state index in [9.17, 15) is 13.0 Å². The Morgan fingerprint density at radius 1 is 0.926 bits per heavy atom. The molecule has 0 aliphatic rings. The summed E-state index contributed by atoms with van der Waals surface area (Å²) in [5.74, 6) is 0. The van der Waals surface area contributed by atoms with Crippen molar-refractivity contribution in [1.82, 2.24) is 0 Å². The van der Waals surface area contributed by atoms with Gasteiger partial charge < -0.3 is 0 Å². The molecule has 0 radical (unpaired) electrons. The van der Waals surface area contributed by atoms with E-state index in [0.29, 0.717) is 11.8 Å². The highest BCUT2D eigenvalue weighted by molar-refractivity contribution is 7.86. The molecule has 2 rings (SSSR count). The summed E-state index contributed by atoms with van der Waals surface area (Å²) in [7, 11) is -4.22. The molecular formula is C23H34O3S. The Bertz CT molecular complexity index is 794. The Morgan fingerprint density at radius 2 is 1.48 bits per heavy atom. The average Bonchev–Trinajstić information content (AvgIpc) is 2.63. The van der Waals surface area contributed by atoms with E-state index in [-0.39, 0.29) is 4.90 Å². The fourth-order valence-corrected chi connectivity index (χ4v) is 4.20. The average molecular weight is 391 g/mol. The lowest BCUT2D eigenvalue weighted by molar-refractivity contribution is 0.482. The summed E-state index contributed by atoms with van der Waals surface area (Å²) in [6.45, 7) is 7.47. The van der Waals surface area contributed by atoms with E-state index in [2.05, 4.69) is 13.5 Å². The first-order chi connectivity index (χ1) is 13.0. The molecule has 3 nitrogen and oxygen atoms in total. The lowest BCUT2D eigenvalue weighted by atomic mass is 10.0. The number of allylic oxidation sites excluding steroid dienone is 1. The van der Waals surface area contributed by atoms with E-state index in [1.54, 1.807) is 18.2 Å². The van der Waals surface area contributed by atoms with Crippen LogP contribution in [0.1, 0.15) is 70.8 Å². The van der Waals surface area contributed by atoms with Gasteiger partial charge in [0.15, 0.2) is 0 Å². The molecule has 0 amide bonds. The largest absolute Gasteiger partial charge is 0.295 e. The quantitative estimate of drug-likeness (QED) is 0.271. The predicted octanol–water partition coefficient (Wildman–Crippen LogP) is 6.96. The van der Waals surface area contributed by atoms with Crippen molar-refractivity contribution in [2.24, 2.45) is 0 Å². The van der Waals surface area contributed by atoms with E-state index >= 15 is 0 Å². The number of hydrogen-bond donors (Lipinski definition) is 1. The first-order valence-electron chi connectivity index (χ1n) is 10.0. The van der Waals surface area contributed by atoms with Gasteiger partial charge >= 0.3 is 0 Å². The summed E-state index contributed by atoms with van der Waals surface area (Å²) in [5.41, 5.74) is 0.724. The summed E-state index contributed by atoms with van der Waals surface area (Å²) in [6.07, 6.45) is 12.1. The maximum Gasteiger partial charge on any atom is 0.295 e. The highest BCUT2D eigenvalue weighted by Crippen LogP contribution is 2.28. The zero-order chi connectivity index (χ0) is 20.1. The van der Waals surface area contributed by atoms with Crippen molar-refractivity contribution >= 4 is 20.9 Å². The van der Waals surface area contributed by atoms with Crippen LogP contribution in [0.15, 0.2) is 53.9 Å². The molecule has 1 N–H and O–H groups in total. The van der Waals surface area contributed by atoms with Crippen LogP contribution >= 0.6 is 0 Å². The lowest BCUT2D eigenvalue weighted by Gasteiger charge is -2.11. The Kier molecular flexibility index (Phi) is 11.0. The molecule has 2 aromatic carbocycles. The Balaban J connectivity index is 0.00000114. The third-order valence-corrected chi connectivity index (χ3v) is 5.52. The zero-order valence-corrected chi connectivity index (χ0v) is 17.6. The summed E-state index contributed by atoms with van der Waals surface area (Å²) in [4.78, 5) is 0.0866. The van der Waals surface area contributed by atoms with Crippen molar-refractivity contribution in [3.63, 3.8) is 0 Å². The fraction of sp³-hybridized carbons (Fsp3) is 0.478. The van der Waals surface area contributed by atoms with Gasteiger partial charge in [-0.3, -0.25) is 4.55 Å². The summed E-state index contributed by atoms with van der Waals surface area (Å²) in [5, 5.41) is 1.45. The Morgan fingerprint density at radius 3 is 2.07 bits per heavy atom. The smallest absolute Gasteiger partial charge is 0.282 e. The molecular weight excluding hydrogens is 356 g/mol. The first kappa shape index (κ1) is 23.4. The van der Waals surface area contributed by atoms with Crippen molar-refractivity contribution in [2.75, 3.05) is 0 Å². The van der Waals surface area contributed by atoms with Gasteiger partial charge in [-0.05, 0) is 30.7 Å². The van der Waals surface area contributed by atoms with Crippen molar-refractivity contribution in [1.29, 1.82) is 0 Å². The minimum atomic E-state index is -4.22. The molecule has 0 fully saturated rings. The van der Waals surface area contributed by atoms with Crippen LogP contribution in [0.4, 0.5) is 0 Å². The van der Waals surface area contributed by atoms with E-state index in [1.165, 1.54) is 38.5 Å². The van der Waals surface area contributed by atoms with Gasteiger partial charge in [0.25, 0.3) is 10.1 Å². The standard InChI is InChI=1S/C20H28O3S.C3H6/c1-2-3-4-5-6-7-8-9-13-18-16-15-17-12-10-11-14-19(17)20(18)24(21,22)23;1-3-2/h10-12,14-16H,2-9,13H2,1H3,(H,21,22,23);3H,1H2,2H3. The second kappa shape index (κ2) is 12.7. The molecule has 0 saturated carbocycles. The van der Waals surface area contributed by atoms with E-state index in [4.69, 9.17) is 0 Å². The Hall–Kier alpha value is -1.65. The van der Waals surface area contributed by atoms with Crippen LogP contribution in [-0.2, 0) is 16.5 Å². The lowest BCUT2D eigenvalue weighted by Crippen LogP contribution is -2.04. The van der Waals surface area contributed by atoms with E-state index < -0.39 is 10.1 Å². The highest BCUT2D eigenvalue weighted by Gasteiger charge is 2.18. The molecule has 0 spiro atoms. The summed E-state index contributed by atoms with van der Waals surface area (Å²) in [6, 6.07) is 11.1. The molecule has 0 aromatic heterocycles. The van der Waals surface area contributed by atoms with Crippen LogP contribution in [0.5, 0.6) is 0 Å². The van der Waals surface area contributed by atoms with Crippen molar-refractivity contribution in [3.8, 4) is 0 Å². The third kappa shape index (κ3) is 8.27. The molecule has 0 atom stereocenters. The fourth-order valence-electron chi connectivity index (χ4n) is 3.24. The van der Waals surface area contributed by atoms with Crippen LogP contribution in [-0.4, -0.2) is 13.0 Å². The number of fused-ring (bicyclic) bond motifs is 1. The molecule has 4 heteroatoms. The van der Waals surface area contributed by atoms with Crippen molar-refractivity contribution < 1.29 is 13.0 Å². The highest BCUT2D eigenvalue weighted by atomic mass is 32.2. The first-order valence-corrected chi connectivity index (χ1v) is 11.4. The van der Waals surface area contributed by atoms with E-state index in [1.807, 2.05) is 31.2 Å². The molecule has 0 aliphatic heterocycles. The molecule has 27 heavy (non-hydrogen) atoms. The third-order valence-electron chi connectivity index (χ3n) is 4.52. The topological polar surface area (TPSA) is 54.4 Å². The van der Waals surface area contributed by atoms with Gasteiger partial charge in [0, 0.05) is 5.39 Å². The summed E-state index contributed by atoms with van der Waals surface area (Å²) >= 11 is 0. The molecule has 0 unspecified atom stereocenters. The second-order valence-corrected chi connectivity index (χ2v) is 8.24. The molecule has 0 aliphatic carbocycles. The van der Waals surface area contributed by atoms with Gasteiger partial charge in [-0.25, -0.2) is 0 Å². The van der Waals surface area contributed by atoms with Crippen LogP contribution < -0.4 is 0 Å². The number of benzene rings is 2. The predicted molar refractivity (Wildman–Crippen MR) is 116 cm³/mol. The molecule has 2 aromatic rings. The van der Waals surface area contributed by atoms with Crippen molar-refractivity contribution in [2.45, 2.75) is 76.5 Å². The minimum absolute atomic E-state index is 0.0866. The molecule has 150 valence electrons. The second-order valence-electron chi connectivity index (χ2n) is 6.88. The number of unbranched alkanes of at least 4 members (excludes halogenated alkanes) is 7. The van der Waals surface area contributed by atoms with Gasteiger partial charge in [-0.2, -0.15) is 8.42 Å². The number of hydrogen-bond acceptors (Lipinski definition) is 2. The van der Waals surface area contributed by atoms with Gasteiger partial charge in [0.2, 0.25) is 0 Å². The van der Waals surface area contributed by atoms with Gasteiger partial charge in [-0.15, -0.1) is 6.58 Å². The van der Waals surface area contributed by atoms with Crippen LogP contribution in [0.2, 0.25) is 0 Å². The Labute approximate surface area is 165 Å². The normalized spacial score (nSPS) is 11.1. The van der Waals surface area contributed by atoms with Gasteiger partial charge in [0.1, 0.15) is 4.90 Å². The zero-order valence-electron chi connectivity index (χ0n) is 16.8. The maximum atomic E-state index is 11.9. The van der Waals surface area contributed by atoms with Crippen molar-refractivity contribution in [3.05, 3.63) is 54.6 Å². The SMILES string of the molecule is C=CC.CCCCCCCCCCc1ccc2ccccc2c1S(=O)(=O)O. The maximum absolute atomic E-state index is 11.9. The number of aryl methyl sites for hydroxylation is 1. The monoisotopic (exact) mass is 390 g/mol. The van der Waals surface area contributed by atoms with Gasteiger partial charge in [-0.1, -0.05) is 94.3 Å². The van der Waals surface area contributed by atoms with E-state index in [0.717, 1.165) is 23.8 Å². The molecule has 0 bridgehead atoms. The van der Waals surface area contributed by atoms with Gasteiger partial charge in [0.05, 0.1) is 0 Å².